The van der Waals surface area contributed by atoms with E-state index < -0.39 is 17.7 Å². The van der Waals surface area contributed by atoms with Crippen molar-refractivity contribution in [2.45, 2.75) is 46.1 Å². The molecule has 6 nitrogen and oxygen atoms in total. The Hall–Kier alpha value is -4.06. The highest BCUT2D eigenvalue weighted by Crippen LogP contribution is 2.44. The number of aliphatic hydroxyl groups excluding tert-OH is 1. The number of benzene rings is 3. The molecule has 1 amide bonds. The summed E-state index contributed by atoms with van der Waals surface area (Å²) in [4.78, 5) is 28.5. The van der Waals surface area contributed by atoms with Crippen LogP contribution in [-0.4, -0.2) is 30.5 Å². The Bertz CT molecular complexity index is 1380. The maximum Gasteiger partial charge on any atom is 0.300 e. The third-order valence-corrected chi connectivity index (χ3v) is 6.62. The SMILES string of the molecule is CCOc1cccc(N2C(=O)C(=O)/C(=C(/O)c3ccc(OC)c(C(C)(C)C)c3)C2c2ccccc2C)c1. The summed E-state index contributed by atoms with van der Waals surface area (Å²) < 4.78 is 11.2. The number of nitrogens with zero attached hydrogens (tertiary/aromatic N) is 1. The van der Waals surface area contributed by atoms with Crippen molar-refractivity contribution in [3.63, 3.8) is 0 Å². The van der Waals surface area contributed by atoms with E-state index in [2.05, 4.69) is 0 Å². The van der Waals surface area contributed by atoms with Gasteiger partial charge < -0.3 is 14.6 Å². The Kier molecular flexibility index (Phi) is 7.12. The first-order valence-corrected chi connectivity index (χ1v) is 12.4. The number of Topliss-reactive ketones (excluding diaryl/α,β-unsaturated/α-hetero) is 1. The number of methoxy groups -OCH3 is 1. The standard InChI is InChI=1S/C31H33NO5/c1-7-37-22-13-10-12-21(18-22)32-27(23-14-9-8-11-19(23)2)26(29(34)30(32)35)28(33)20-15-16-25(36-6)24(17-20)31(3,4)5/h8-18,27,33H,7H2,1-6H3/b28-26+. The largest absolute Gasteiger partial charge is 0.507 e. The lowest BCUT2D eigenvalue weighted by molar-refractivity contribution is -0.132. The van der Waals surface area contributed by atoms with Crippen LogP contribution in [0.2, 0.25) is 0 Å². The topological polar surface area (TPSA) is 76.1 Å². The summed E-state index contributed by atoms with van der Waals surface area (Å²) in [5.41, 5.74) is 3.28. The van der Waals surface area contributed by atoms with Crippen LogP contribution in [0.1, 0.15) is 56.0 Å². The highest BCUT2D eigenvalue weighted by Gasteiger charge is 2.47. The molecule has 192 valence electrons. The summed E-state index contributed by atoms with van der Waals surface area (Å²) in [6.07, 6.45) is 0. The van der Waals surface area contributed by atoms with Crippen LogP contribution < -0.4 is 14.4 Å². The third-order valence-electron chi connectivity index (χ3n) is 6.62. The summed E-state index contributed by atoms with van der Waals surface area (Å²) in [6.45, 7) is 10.4. The summed E-state index contributed by atoms with van der Waals surface area (Å²) >= 11 is 0. The van der Waals surface area contributed by atoms with Gasteiger partial charge >= 0.3 is 0 Å². The Labute approximate surface area is 218 Å². The van der Waals surface area contributed by atoms with Crippen LogP contribution in [0.25, 0.3) is 5.76 Å². The lowest BCUT2D eigenvalue weighted by Gasteiger charge is -2.27. The number of aliphatic hydroxyl groups is 1. The molecule has 1 saturated heterocycles. The second-order valence-electron chi connectivity index (χ2n) is 10.1. The van der Waals surface area contributed by atoms with Crippen molar-refractivity contribution in [3.8, 4) is 11.5 Å². The quantitative estimate of drug-likeness (QED) is 0.244. The van der Waals surface area contributed by atoms with Crippen LogP contribution in [0.15, 0.2) is 72.3 Å². The van der Waals surface area contributed by atoms with E-state index in [4.69, 9.17) is 9.47 Å². The van der Waals surface area contributed by atoms with Crippen LogP contribution >= 0.6 is 0 Å². The lowest BCUT2D eigenvalue weighted by atomic mass is 9.84. The zero-order valence-electron chi connectivity index (χ0n) is 22.2. The van der Waals surface area contributed by atoms with Crippen LogP contribution in [0.3, 0.4) is 0 Å². The van der Waals surface area contributed by atoms with Crippen molar-refractivity contribution in [1.82, 2.24) is 0 Å². The first kappa shape index (κ1) is 26.0. The maximum atomic E-state index is 13.5. The van der Waals surface area contributed by atoms with Crippen molar-refractivity contribution < 1.29 is 24.2 Å². The lowest BCUT2D eigenvalue weighted by Crippen LogP contribution is -2.29. The minimum absolute atomic E-state index is 0.0474. The molecule has 3 aromatic rings. The van der Waals surface area contributed by atoms with E-state index in [9.17, 15) is 14.7 Å². The van der Waals surface area contributed by atoms with Crippen LogP contribution in [0.5, 0.6) is 11.5 Å². The number of amides is 1. The Morgan fingerprint density at radius 2 is 1.73 bits per heavy atom. The molecule has 1 aliphatic rings. The van der Waals surface area contributed by atoms with E-state index >= 15 is 0 Å². The molecule has 1 heterocycles. The van der Waals surface area contributed by atoms with Gasteiger partial charge in [-0.2, -0.15) is 0 Å². The number of hydrogen-bond acceptors (Lipinski definition) is 5. The highest BCUT2D eigenvalue weighted by molar-refractivity contribution is 6.51. The van der Waals surface area contributed by atoms with Gasteiger partial charge in [0.2, 0.25) is 0 Å². The van der Waals surface area contributed by atoms with E-state index in [1.54, 1.807) is 43.5 Å². The molecular formula is C31H33NO5. The van der Waals surface area contributed by atoms with Crippen molar-refractivity contribution >= 4 is 23.1 Å². The molecule has 1 N–H and O–H groups in total. The van der Waals surface area contributed by atoms with Crippen molar-refractivity contribution in [1.29, 1.82) is 0 Å². The zero-order chi connectivity index (χ0) is 26.9. The van der Waals surface area contributed by atoms with Crippen molar-refractivity contribution in [3.05, 3.63) is 94.6 Å². The molecule has 3 aromatic carbocycles. The van der Waals surface area contributed by atoms with Crippen molar-refractivity contribution in [2.24, 2.45) is 0 Å². The van der Waals surface area contributed by atoms with E-state index in [1.807, 2.05) is 65.0 Å². The smallest absolute Gasteiger partial charge is 0.300 e. The van der Waals surface area contributed by atoms with E-state index in [0.717, 1.165) is 16.7 Å². The first-order valence-electron chi connectivity index (χ1n) is 12.4. The molecule has 1 fully saturated rings. The molecule has 1 atom stereocenters. The maximum absolute atomic E-state index is 13.5. The molecule has 1 aliphatic heterocycles. The molecule has 6 heteroatoms. The average molecular weight is 500 g/mol. The van der Waals surface area contributed by atoms with Gasteiger partial charge in [-0.3, -0.25) is 14.5 Å². The summed E-state index contributed by atoms with van der Waals surface area (Å²) in [5.74, 6) is -0.375. The fourth-order valence-corrected chi connectivity index (χ4v) is 4.77. The number of aryl methyl sites for hydroxylation is 1. The van der Waals surface area contributed by atoms with E-state index in [1.165, 1.54) is 4.90 Å². The molecule has 0 aliphatic carbocycles. The molecule has 37 heavy (non-hydrogen) atoms. The molecule has 0 radical (unpaired) electrons. The van der Waals surface area contributed by atoms with Crippen molar-refractivity contribution in [2.75, 3.05) is 18.6 Å². The van der Waals surface area contributed by atoms with Gasteiger partial charge in [-0.1, -0.05) is 51.1 Å². The van der Waals surface area contributed by atoms with Gasteiger partial charge in [0.1, 0.15) is 17.3 Å². The van der Waals surface area contributed by atoms with Gasteiger partial charge in [0, 0.05) is 22.9 Å². The van der Waals surface area contributed by atoms with Gasteiger partial charge in [-0.15, -0.1) is 0 Å². The number of carbonyl (C=O) groups excluding carboxylic acids is 2. The van der Waals surface area contributed by atoms with Gasteiger partial charge in [-0.25, -0.2) is 0 Å². The van der Waals surface area contributed by atoms with E-state index in [0.29, 0.717) is 29.4 Å². The van der Waals surface area contributed by atoms with Crippen LogP contribution in [0.4, 0.5) is 5.69 Å². The number of rotatable bonds is 6. The molecular weight excluding hydrogens is 466 g/mol. The van der Waals surface area contributed by atoms with Crippen LogP contribution in [0, 0.1) is 6.92 Å². The minimum Gasteiger partial charge on any atom is -0.507 e. The zero-order valence-corrected chi connectivity index (χ0v) is 22.2. The minimum atomic E-state index is -0.807. The summed E-state index contributed by atoms with van der Waals surface area (Å²) in [5, 5.41) is 11.6. The number of ether oxygens (including phenoxy) is 2. The predicted octanol–water partition coefficient (Wildman–Crippen LogP) is 6.33. The number of anilines is 1. The second kappa shape index (κ2) is 10.1. The molecule has 1 unspecified atom stereocenters. The molecule has 0 aromatic heterocycles. The van der Waals surface area contributed by atoms with Gasteiger partial charge in [-0.05, 0) is 60.7 Å². The Balaban J connectivity index is 1.96. The third kappa shape index (κ3) is 4.84. The molecule has 0 bridgehead atoms. The van der Waals surface area contributed by atoms with Crippen LogP contribution in [-0.2, 0) is 15.0 Å². The Morgan fingerprint density at radius 1 is 1.00 bits per heavy atom. The van der Waals surface area contributed by atoms with Gasteiger partial charge in [0.05, 0.1) is 25.3 Å². The Morgan fingerprint density at radius 3 is 2.38 bits per heavy atom. The number of hydrogen-bond donors (Lipinski definition) is 1. The first-order chi connectivity index (χ1) is 17.6. The average Bonchev–Trinajstić information content (AvgIpc) is 3.13. The highest BCUT2D eigenvalue weighted by atomic mass is 16.5. The normalized spacial score (nSPS) is 17.2. The fraction of sp³-hybridized carbons (Fsp3) is 0.290. The molecule has 4 rings (SSSR count). The number of ketones is 1. The second-order valence-corrected chi connectivity index (χ2v) is 10.1. The van der Waals surface area contributed by atoms with E-state index in [-0.39, 0.29) is 16.7 Å². The molecule has 0 spiro atoms. The fourth-order valence-electron chi connectivity index (χ4n) is 4.77. The van der Waals surface area contributed by atoms with Gasteiger partial charge in [0.15, 0.2) is 0 Å². The summed E-state index contributed by atoms with van der Waals surface area (Å²) in [6, 6.07) is 19.2. The number of carbonyl (C=O) groups is 2. The molecule has 0 saturated carbocycles. The monoisotopic (exact) mass is 499 g/mol. The summed E-state index contributed by atoms with van der Waals surface area (Å²) in [7, 11) is 1.60. The predicted molar refractivity (Wildman–Crippen MR) is 145 cm³/mol. The van der Waals surface area contributed by atoms with Gasteiger partial charge in [0.25, 0.3) is 11.7 Å².